The maximum absolute atomic E-state index is 13.3. The molecule has 1 aliphatic carbocycles. The largest absolute Gasteiger partial charge is 0.368 e. The second-order valence-corrected chi connectivity index (χ2v) is 9.96. The number of rotatable bonds is 4. The molecule has 4 aliphatic rings. The summed E-state index contributed by atoms with van der Waals surface area (Å²) in [4.78, 5) is 33.9. The highest BCUT2D eigenvalue weighted by atomic mass is 16.2. The van der Waals surface area contributed by atoms with Crippen LogP contribution in [0.5, 0.6) is 0 Å². The molecule has 3 fully saturated rings. The fourth-order valence-corrected chi connectivity index (χ4v) is 5.77. The summed E-state index contributed by atoms with van der Waals surface area (Å²) in [5, 5.41) is 6.70. The molecule has 2 aromatic heterocycles. The van der Waals surface area contributed by atoms with Gasteiger partial charge in [0, 0.05) is 56.9 Å². The quantitative estimate of drug-likeness (QED) is 0.736. The molecule has 2 saturated heterocycles. The predicted octanol–water partition coefficient (Wildman–Crippen LogP) is 2.25. The summed E-state index contributed by atoms with van der Waals surface area (Å²) in [6.07, 6.45) is 10.0. The van der Waals surface area contributed by atoms with Crippen LogP contribution in [0.4, 0.5) is 23.3 Å². The van der Waals surface area contributed by atoms with E-state index in [-0.39, 0.29) is 5.91 Å². The molecule has 9 heteroatoms. The van der Waals surface area contributed by atoms with E-state index in [2.05, 4.69) is 53.4 Å². The van der Waals surface area contributed by atoms with Gasteiger partial charge < -0.3 is 25.3 Å². The fourth-order valence-electron chi connectivity index (χ4n) is 5.77. The normalized spacial score (nSPS) is 25.7. The lowest BCUT2D eigenvalue weighted by Crippen LogP contribution is -2.47. The first kappa shape index (κ1) is 20.7. The van der Waals surface area contributed by atoms with E-state index in [1.807, 2.05) is 18.5 Å². The van der Waals surface area contributed by atoms with Gasteiger partial charge in [0.15, 0.2) is 0 Å². The summed E-state index contributed by atoms with van der Waals surface area (Å²) in [6, 6.07) is 4.49. The zero-order valence-electron chi connectivity index (χ0n) is 19.3. The molecule has 1 unspecified atom stereocenters. The lowest BCUT2D eigenvalue weighted by Gasteiger charge is -2.33. The Hall–Kier alpha value is -2.94. The summed E-state index contributed by atoms with van der Waals surface area (Å²) < 4.78 is 0. The van der Waals surface area contributed by atoms with E-state index in [1.165, 1.54) is 12.8 Å². The number of carbonyl (C=O) groups is 1. The van der Waals surface area contributed by atoms with Crippen molar-refractivity contribution in [2.24, 2.45) is 0 Å². The van der Waals surface area contributed by atoms with E-state index in [0.29, 0.717) is 24.2 Å². The van der Waals surface area contributed by atoms with Crippen LogP contribution in [-0.2, 0) is 11.2 Å². The SMILES string of the molecule is CN1CCN(c2ccc(Nc3ncc4c(n3)NC3(CCN(C5CCCC5)C3=O)C4)nc2)CC1. The molecule has 1 spiro atoms. The van der Waals surface area contributed by atoms with Crippen molar-refractivity contribution in [3.8, 4) is 0 Å². The zero-order chi connectivity index (χ0) is 22.4. The highest BCUT2D eigenvalue weighted by Gasteiger charge is 2.52. The molecule has 0 aromatic carbocycles. The van der Waals surface area contributed by atoms with E-state index in [0.717, 1.165) is 69.1 Å². The maximum atomic E-state index is 13.3. The average molecular weight is 449 g/mol. The van der Waals surface area contributed by atoms with Gasteiger partial charge in [-0.3, -0.25) is 4.79 Å². The second kappa shape index (κ2) is 8.13. The molecule has 2 aromatic rings. The number of anilines is 4. The van der Waals surface area contributed by atoms with Crippen molar-refractivity contribution in [2.75, 3.05) is 55.3 Å². The van der Waals surface area contributed by atoms with Crippen molar-refractivity contribution >= 4 is 29.2 Å². The molecule has 0 radical (unpaired) electrons. The number of carbonyl (C=O) groups excluding carboxylic acids is 1. The molecule has 3 aliphatic heterocycles. The third-order valence-corrected chi connectivity index (χ3v) is 7.79. The summed E-state index contributed by atoms with van der Waals surface area (Å²) in [7, 11) is 2.16. The van der Waals surface area contributed by atoms with E-state index in [9.17, 15) is 4.79 Å². The Bertz CT molecular complexity index is 1030. The Balaban J connectivity index is 1.12. The predicted molar refractivity (Wildman–Crippen MR) is 128 cm³/mol. The minimum Gasteiger partial charge on any atom is -0.368 e. The smallest absolute Gasteiger partial charge is 0.248 e. The number of nitrogens with zero attached hydrogens (tertiary/aromatic N) is 6. The Morgan fingerprint density at radius 1 is 1.06 bits per heavy atom. The highest BCUT2D eigenvalue weighted by Crippen LogP contribution is 2.40. The summed E-state index contributed by atoms with van der Waals surface area (Å²) in [5.41, 5.74) is 1.61. The van der Waals surface area contributed by atoms with Gasteiger partial charge in [0.2, 0.25) is 11.9 Å². The van der Waals surface area contributed by atoms with Crippen molar-refractivity contribution in [3.05, 3.63) is 30.1 Å². The Labute approximate surface area is 194 Å². The second-order valence-electron chi connectivity index (χ2n) is 9.96. The van der Waals surface area contributed by atoms with Gasteiger partial charge in [-0.2, -0.15) is 4.98 Å². The number of pyridine rings is 1. The number of hydrogen-bond acceptors (Lipinski definition) is 8. The number of hydrogen-bond donors (Lipinski definition) is 2. The molecule has 9 nitrogen and oxygen atoms in total. The van der Waals surface area contributed by atoms with Crippen LogP contribution in [0.25, 0.3) is 0 Å². The van der Waals surface area contributed by atoms with Gasteiger partial charge in [-0.1, -0.05) is 12.8 Å². The van der Waals surface area contributed by atoms with Crippen LogP contribution in [-0.4, -0.2) is 82.0 Å². The number of likely N-dealkylation sites (N-methyl/N-ethyl adjacent to an activating group) is 1. The minimum absolute atomic E-state index is 0.239. The number of nitrogens with one attached hydrogen (secondary N) is 2. The van der Waals surface area contributed by atoms with Crippen LogP contribution in [0.2, 0.25) is 0 Å². The third-order valence-electron chi connectivity index (χ3n) is 7.79. The van der Waals surface area contributed by atoms with Crippen molar-refractivity contribution in [2.45, 2.75) is 50.1 Å². The molecule has 33 heavy (non-hydrogen) atoms. The van der Waals surface area contributed by atoms with Gasteiger partial charge in [0.05, 0.1) is 11.9 Å². The molecule has 6 rings (SSSR count). The molecule has 2 N–H and O–H groups in total. The van der Waals surface area contributed by atoms with Crippen LogP contribution < -0.4 is 15.5 Å². The van der Waals surface area contributed by atoms with Gasteiger partial charge in [-0.25, -0.2) is 9.97 Å². The lowest BCUT2D eigenvalue weighted by molar-refractivity contribution is -0.133. The van der Waals surface area contributed by atoms with Crippen molar-refractivity contribution in [1.82, 2.24) is 24.8 Å². The van der Waals surface area contributed by atoms with Crippen molar-refractivity contribution in [3.63, 3.8) is 0 Å². The molecule has 1 saturated carbocycles. The number of amides is 1. The van der Waals surface area contributed by atoms with Gasteiger partial charge in [-0.15, -0.1) is 0 Å². The molecular weight excluding hydrogens is 416 g/mol. The topological polar surface area (TPSA) is 89.5 Å². The average Bonchev–Trinajstić information content (AvgIpc) is 3.55. The highest BCUT2D eigenvalue weighted by molar-refractivity contribution is 5.94. The molecule has 5 heterocycles. The Kier molecular flexibility index (Phi) is 5.09. The third kappa shape index (κ3) is 3.78. The van der Waals surface area contributed by atoms with Gasteiger partial charge in [-0.05, 0) is 38.4 Å². The number of likely N-dealkylation sites (tertiary alicyclic amines) is 1. The summed E-state index contributed by atoms with van der Waals surface area (Å²) in [6.45, 7) is 5.01. The van der Waals surface area contributed by atoms with Gasteiger partial charge in [0.1, 0.15) is 17.2 Å². The van der Waals surface area contributed by atoms with Crippen LogP contribution in [0, 0.1) is 0 Å². The van der Waals surface area contributed by atoms with Crippen LogP contribution in [0.3, 0.4) is 0 Å². The first-order valence-electron chi connectivity index (χ1n) is 12.2. The van der Waals surface area contributed by atoms with E-state index < -0.39 is 5.54 Å². The molecule has 174 valence electrons. The first-order chi connectivity index (χ1) is 16.1. The monoisotopic (exact) mass is 448 g/mol. The van der Waals surface area contributed by atoms with Crippen LogP contribution in [0.15, 0.2) is 24.5 Å². The minimum atomic E-state index is -0.541. The fraction of sp³-hybridized carbons (Fsp3) is 0.583. The van der Waals surface area contributed by atoms with E-state index >= 15 is 0 Å². The Morgan fingerprint density at radius 3 is 2.64 bits per heavy atom. The van der Waals surface area contributed by atoms with Crippen LogP contribution >= 0.6 is 0 Å². The number of fused-ring (bicyclic) bond motifs is 1. The molecular formula is C24H32N8O. The lowest BCUT2D eigenvalue weighted by atomic mass is 9.94. The summed E-state index contributed by atoms with van der Waals surface area (Å²) in [5.74, 6) is 2.22. The van der Waals surface area contributed by atoms with E-state index in [4.69, 9.17) is 0 Å². The number of aromatic nitrogens is 3. The maximum Gasteiger partial charge on any atom is 0.248 e. The standard InChI is InChI=1S/C24H32N8O/c1-30-10-12-31(13-11-30)19-6-7-20(25-16-19)27-23-26-15-17-14-24(29-21(17)28-23)8-9-32(22(24)33)18-4-2-3-5-18/h6-7,15-16,18H,2-5,8-14H2,1H3,(H2,25,26,27,28,29). The molecule has 1 atom stereocenters. The van der Waals surface area contributed by atoms with Gasteiger partial charge in [0.25, 0.3) is 0 Å². The van der Waals surface area contributed by atoms with Crippen molar-refractivity contribution in [1.29, 1.82) is 0 Å². The molecule has 1 amide bonds. The Morgan fingerprint density at radius 2 is 1.88 bits per heavy atom. The zero-order valence-corrected chi connectivity index (χ0v) is 19.3. The van der Waals surface area contributed by atoms with Crippen LogP contribution in [0.1, 0.15) is 37.7 Å². The van der Waals surface area contributed by atoms with Crippen molar-refractivity contribution < 1.29 is 4.79 Å². The van der Waals surface area contributed by atoms with E-state index in [1.54, 1.807) is 0 Å². The summed E-state index contributed by atoms with van der Waals surface area (Å²) >= 11 is 0. The molecule has 0 bridgehead atoms. The van der Waals surface area contributed by atoms with Gasteiger partial charge >= 0.3 is 0 Å². The number of piperazine rings is 1. The first-order valence-corrected chi connectivity index (χ1v) is 12.2.